The van der Waals surface area contributed by atoms with Gasteiger partial charge in [0.25, 0.3) is 5.91 Å². The summed E-state index contributed by atoms with van der Waals surface area (Å²) >= 11 is 0. The molecule has 0 unspecified atom stereocenters. The predicted octanol–water partition coefficient (Wildman–Crippen LogP) is 1.99. The lowest BCUT2D eigenvalue weighted by Gasteiger charge is -2.18. The first kappa shape index (κ1) is 18.3. The summed E-state index contributed by atoms with van der Waals surface area (Å²) < 4.78 is 23.0. The van der Waals surface area contributed by atoms with Crippen LogP contribution in [0.15, 0.2) is 48.5 Å². The van der Waals surface area contributed by atoms with Crippen molar-refractivity contribution in [2.75, 3.05) is 32.2 Å². The molecule has 2 aromatic rings. The first-order chi connectivity index (χ1) is 12.0. The fraction of sp³-hybridized carbons (Fsp3) is 0.222. The van der Waals surface area contributed by atoms with Crippen molar-refractivity contribution < 1.29 is 23.5 Å². The minimum Gasteiger partial charge on any atom is -0.497 e. The summed E-state index contributed by atoms with van der Waals surface area (Å²) in [5.74, 6) is -0.0425. The molecule has 0 bridgehead atoms. The molecule has 2 aromatic carbocycles. The van der Waals surface area contributed by atoms with E-state index in [1.165, 1.54) is 29.2 Å². The lowest BCUT2D eigenvalue weighted by atomic mass is 10.3. The van der Waals surface area contributed by atoms with Gasteiger partial charge in [-0.05, 0) is 48.5 Å². The molecule has 1 N–H and O–H groups in total. The fourth-order valence-corrected chi connectivity index (χ4v) is 1.97. The number of ether oxygens (including phenoxy) is 2. The Labute approximate surface area is 145 Å². The number of likely N-dealkylation sites (N-methyl/N-ethyl adjacent to an activating group) is 1. The minimum atomic E-state index is -0.444. The third kappa shape index (κ3) is 5.49. The van der Waals surface area contributed by atoms with E-state index in [4.69, 9.17) is 9.47 Å². The maximum atomic E-state index is 12.8. The highest BCUT2D eigenvalue weighted by Crippen LogP contribution is 2.18. The van der Waals surface area contributed by atoms with Gasteiger partial charge in [-0.3, -0.25) is 9.59 Å². The summed E-state index contributed by atoms with van der Waals surface area (Å²) in [7, 11) is 3.18. The van der Waals surface area contributed by atoms with Crippen LogP contribution in [0.4, 0.5) is 10.1 Å². The van der Waals surface area contributed by atoms with Gasteiger partial charge in [-0.15, -0.1) is 0 Å². The van der Waals surface area contributed by atoms with Crippen LogP contribution < -0.4 is 19.7 Å². The van der Waals surface area contributed by atoms with Crippen LogP contribution in [0.25, 0.3) is 0 Å². The standard InChI is InChI=1S/C18H19FN2O4/c1-21(14-5-9-15(24-2)10-6-14)18(23)11-20-17(22)12-25-16-7-3-13(19)4-8-16/h3-10H,11-12H2,1-2H3,(H,20,22). The van der Waals surface area contributed by atoms with Crippen molar-refractivity contribution in [3.8, 4) is 11.5 Å². The van der Waals surface area contributed by atoms with E-state index in [1.807, 2.05) is 0 Å². The van der Waals surface area contributed by atoms with Crippen molar-refractivity contribution >= 4 is 17.5 Å². The molecule has 0 aliphatic rings. The van der Waals surface area contributed by atoms with Crippen LogP contribution in [-0.2, 0) is 9.59 Å². The number of benzene rings is 2. The number of amides is 2. The molecule has 0 aliphatic carbocycles. The van der Waals surface area contributed by atoms with Crippen LogP contribution in [0.5, 0.6) is 11.5 Å². The number of nitrogens with one attached hydrogen (secondary N) is 1. The zero-order valence-electron chi connectivity index (χ0n) is 14.0. The van der Waals surface area contributed by atoms with E-state index in [0.29, 0.717) is 17.2 Å². The summed E-state index contributed by atoms with van der Waals surface area (Å²) in [6.07, 6.45) is 0. The zero-order chi connectivity index (χ0) is 18.2. The second-order valence-electron chi connectivity index (χ2n) is 5.17. The van der Waals surface area contributed by atoms with Gasteiger partial charge in [0.2, 0.25) is 5.91 Å². The van der Waals surface area contributed by atoms with Crippen molar-refractivity contribution in [3.05, 3.63) is 54.3 Å². The summed E-state index contributed by atoms with van der Waals surface area (Å²) in [5.41, 5.74) is 0.683. The van der Waals surface area contributed by atoms with Gasteiger partial charge in [-0.25, -0.2) is 4.39 Å². The summed E-state index contributed by atoms with van der Waals surface area (Å²) in [6.45, 7) is -0.417. The molecule has 0 spiro atoms. The molecular weight excluding hydrogens is 327 g/mol. The number of carbonyl (C=O) groups is 2. The molecule has 0 aromatic heterocycles. The third-order valence-corrected chi connectivity index (χ3v) is 3.45. The Hall–Kier alpha value is -3.09. The molecule has 7 heteroatoms. The SMILES string of the molecule is COc1ccc(N(C)C(=O)CNC(=O)COc2ccc(F)cc2)cc1. The summed E-state index contributed by atoms with van der Waals surface area (Å²) in [4.78, 5) is 25.3. The molecule has 0 fully saturated rings. The molecule has 0 aliphatic heterocycles. The molecule has 0 radical (unpaired) electrons. The quantitative estimate of drug-likeness (QED) is 0.833. The molecule has 132 valence electrons. The first-order valence-electron chi connectivity index (χ1n) is 7.55. The Bertz CT molecular complexity index is 717. The van der Waals surface area contributed by atoms with E-state index in [2.05, 4.69) is 5.32 Å². The van der Waals surface area contributed by atoms with Crippen molar-refractivity contribution in [1.29, 1.82) is 0 Å². The minimum absolute atomic E-state index is 0.159. The Kier molecular flexibility index (Phi) is 6.33. The van der Waals surface area contributed by atoms with Gasteiger partial charge in [-0.1, -0.05) is 0 Å². The van der Waals surface area contributed by atoms with Crippen molar-refractivity contribution in [1.82, 2.24) is 5.32 Å². The summed E-state index contributed by atoms with van der Waals surface area (Å²) in [5, 5.41) is 2.48. The molecule has 0 heterocycles. The Morgan fingerprint density at radius 2 is 1.64 bits per heavy atom. The van der Waals surface area contributed by atoms with Gasteiger partial charge in [0, 0.05) is 12.7 Å². The molecule has 6 nitrogen and oxygen atoms in total. The second-order valence-corrected chi connectivity index (χ2v) is 5.17. The van der Waals surface area contributed by atoms with Crippen LogP contribution in [0.2, 0.25) is 0 Å². The number of rotatable bonds is 7. The van der Waals surface area contributed by atoms with Gasteiger partial charge < -0.3 is 19.7 Å². The lowest BCUT2D eigenvalue weighted by Crippen LogP contribution is -2.39. The van der Waals surface area contributed by atoms with Crippen LogP contribution in [-0.4, -0.2) is 39.1 Å². The zero-order valence-corrected chi connectivity index (χ0v) is 14.0. The van der Waals surface area contributed by atoms with E-state index in [1.54, 1.807) is 38.4 Å². The van der Waals surface area contributed by atoms with Crippen LogP contribution >= 0.6 is 0 Å². The summed E-state index contributed by atoms with van der Waals surface area (Å²) in [6, 6.07) is 12.3. The van der Waals surface area contributed by atoms with Gasteiger partial charge in [0.15, 0.2) is 6.61 Å². The molecule has 25 heavy (non-hydrogen) atoms. The van der Waals surface area contributed by atoms with E-state index in [0.717, 1.165) is 0 Å². The number of hydrogen-bond donors (Lipinski definition) is 1. The molecule has 2 rings (SSSR count). The number of methoxy groups -OCH3 is 1. The first-order valence-corrected chi connectivity index (χ1v) is 7.55. The van der Waals surface area contributed by atoms with Gasteiger partial charge >= 0.3 is 0 Å². The van der Waals surface area contributed by atoms with Crippen LogP contribution in [0, 0.1) is 5.82 Å². The van der Waals surface area contributed by atoms with E-state index in [-0.39, 0.29) is 24.9 Å². The molecule has 2 amide bonds. The fourth-order valence-electron chi connectivity index (χ4n) is 1.97. The number of hydrogen-bond acceptors (Lipinski definition) is 4. The van der Waals surface area contributed by atoms with Gasteiger partial charge in [0.1, 0.15) is 17.3 Å². The van der Waals surface area contributed by atoms with Crippen molar-refractivity contribution in [2.24, 2.45) is 0 Å². The largest absolute Gasteiger partial charge is 0.497 e. The topological polar surface area (TPSA) is 67.9 Å². The average Bonchev–Trinajstić information content (AvgIpc) is 2.65. The van der Waals surface area contributed by atoms with E-state index in [9.17, 15) is 14.0 Å². The van der Waals surface area contributed by atoms with Crippen molar-refractivity contribution in [2.45, 2.75) is 0 Å². The maximum absolute atomic E-state index is 12.8. The highest BCUT2D eigenvalue weighted by molar-refractivity contribution is 5.96. The maximum Gasteiger partial charge on any atom is 0.258 e. The van der Waals surface area contributed by atoms with Gasteiger partial charge in [-0.2, -0.15) is 0 Å². The average molecular weight is 346 g/mol. The predicted molar refractivity (Wildman–Crippen MR) is 91.3 cm³/mol. The lowest BCUT2D eigenvalue weighted by molar-refractivity contribution is -0.126. The van der Waals surface area contributed by atoms with Crippen LogP contribution in [0.1, 0.15) is 0 Å². The normalized spacial score (nSPS) is 10.0. The Morgan fingerprint density at radius 3 is 2.24 bits per heavy atom. The third-order valence-electron chi connectivity index (χ3n) is 3.45. The molecule has 0 saturated carbocycles. The highest BCUT2D eigenvalue weighted by Gasteiger charge is 2.12. The number of anilines is 1. The molecule has 0 saturated heterocycles. The highest BCUT2D eigenvalue weighted by atomic mass is 19.1. The molecular formula is C18H19FN2O4. The number of nitrogens with zero attached hydrogens (tertiary/aromatic N) is 1. The monoisotopic (exact) mass is 346 g/mol. The number of halogens is 1. The Morgan fingerprint density at radius 1 is 1.04 bits per heavy atom. The van der Waals surface area contributed by atoms with Gasteiger partial charge in [0.05, 0.1) is 13.7 Å². The van der Waals surface area contributed by atoms with E-state index < -0.39 is 5.91 Å². The van der Waals surface area contributed by atoms with E-state index >= 15 is 0 Å². The molecule has 0 atom stereocenters. The smallest absolute Gasteiger partial charge is 0.258 e. The van der Waals surface area contributed by atoms with Crippen LogP contribution in [0.3, 0.4) is 0 Å². The second kappa shape index (κ2) is 8.68. The number of carbonyl (C=O) groups excluding carboxylic acids is 2. The van der Waals surface area contributed by atoms with Crippen molar-refractivity contribution in [3.63, 3.8) is 0 Å². The Balaban J connectivity index is 1.77.